The molecule has 0 radical (unpaired) electrons. The normalized spacial score (nSPS) is 23.8. The van der Waals surface area contributed by atoms with Crippen molar-refractivity contribution in [2.45, 2.75) is 45.2 Å². The monoisotopic (exact) mass is 247 g/mol. The zero-order chi connectivity index (χ0) is 13.0. The molecule has 1 aromatic heterocycles. The van der Waals surface area contributed by atoms with E-state index in [4.69, 9.17) is 0 Å². The molecule has 1 fully saturated rings. The van der Waals surface area contributed by atoms with Crippen molar-refractivity contribution in [2.75, 3.05) is 20.1 Å². The van der Waals surface area contributed by atoms with Crippen LogP contribution >= 0.6 is 0 Å². The second-order valence-corrected chi connectivity index (χ2v) is 5.61. The molecule has 1 aliphatic heterocycles. The summed E-state index contributed by atoms with van der Waals surface area (Å²) in [6, 6.07) is 6.26. The number of aryl methyl sites for hydroxylation is 1. The molecule has 1 unspecified atom stereocenters. The maximum absolute atomic E-state index is 4.57. The molecule has 1 atom stereocenters. The Kier molecular flexibility index (Phi) is 4.36. The summed E-state index contributed by atoms with van der Waals surface area (Å²) in [5.74, 6) is 0. The highest BCUT2D eigenvalue weighted by Crippen LogP contribution is 2.24. The van der Waals surface area contributed by atoms with Crippen LogP contribution in [0.15, 0.2) is 18.2 Å². The Morgan fingerprint density at radius 1 is 1.44 bits per heavy atom. The SMILES string of the molecule is CCC1(CN(C)Cc2cccc(C)n2)CCCN1. The van der Waals surface area contributed by atoms with E-state index in [0.717, 1.165) is 18.8 Å². The molecule has 100 valence electrons. The van der Waals surface area contributed by atoms with Gasteiger partial charge in [-0.15, -0.1) is 0 Å². The Bertz CT molecular complexity index is 383. The summed E-state index contributed by atoms with van der Waals surface area (Å²) in [5.41, 5.74) is 2.60. The van der Waals surface area contributed by atoms with Crippen molar-refractivity contribution in [1.29, 1.82) is 0 Å². The van der Waals surface area contributed by atoms with Gasteiger partial charge in [0, 0.05) is 24.3 Å². The fourth-order valence-corrected chi connectivity index (χ4v) is 2.95. The van der Waals surface area contributed by atoms with Crippen molar-refractivity contribution in [3.8, 4) is 0 Å². The maximum Gasteiger partial charge on any atom is 0.0547 e. The number of aromatic nitrogens is 1. The van der Waals surface area contributed by atoms with Gasteiger partial charge in [-0.3, -0.25) is 9.88 Å². The Hall–Kier alpha value is -0.930. The summed E-state index contributed by atoms with van der Waals surface area (Å²) in [5, 5.41) is 3.69. The number of likely N-dealkylation sites (N-methyl/N-ethyl adjacent to an activating group) is 1. The zero-order valence-corrected chi connectivity index (χ0v) is 11.9. The van der Waals surface area contributed by atoms with E-state index in [1.807, 2.05) is 0 Å². The van der Waals surface area contributed by atoms with Crippen LogP contribution in [0.3, 0.4) is 0 Å². The van der Waals surface area contributed by atoms with Crippen molar-refractivity contribution in [2.24, 2.45) is 0 Å². The Morgan fingerprint density at radius 2 is 2.28 bits per heavy atom. The summed E-state index contributed by atoms with van der Waals surface area (Å²) in [6.07, 6.45) is 3.82. The third-order valence-electron chi connectivity index (χ3n) is 3.96. The van der Waals surface area contributed by atoms with Crippen LogP contribution in [0.25, 0.3) is 0 Å². The van der Waals surface area contributed by atoms with Crippen LogP contribution in [-0.2, 0) is 6.54 Å². The van der Waals surface area contributed by atoms with Gasteiger partial charge in [-0.2, -0.15) is 0 Å². The number of hydrogen-bond acceptors (Lipinski definition) is 3. The first-order valence-electron chi connectivity index (χ1n) is 7.00. The van der Waals surface area contributed by atoms with Gasteiger partial charge in [-0.25, -0.2) is 0 Å². The van der Waals surface area contributed by atoms with Gasteiger partial charge in [0.05, 0.1) is 5.69 Å². The van der Waals surface area contributed by atoms with Crippen LogP contribution < -0.4 is 5.32 Å². The van der Waals surface area contributed by atoms with Gasteiger partial charge >= 0.3 is 0 Å². The predicted molar refractivity (Wildman–Crippen MR) is 75.6 cm³/mol. The average Bonchev–Trinajstić information content (AvgIpc) is 2.78. The van der Waals surface area contributed by atoms with Crippen molar-refractivity contribution in [3.05, 3.63) is 29.6 Å². The minimum atomic E-state index is 0.332. The van der Waals surface area contributed by atoms with Crippen molar-refractivity contribution < 1.29 is 0 Å². The lowest BCUT2D eigenvalue weighted by Gasteiger charge is -2.33. The molecular formula is C15H25N3. The fraction of sp³-hybridized carbons (Fsp3) is 0.667. The molecular weight excluding hydrogens is 222 g/mol. The van der Waals surface area contributed by atoms with Crippen LogP contribution in [-0.4, -0.2) is 35.6 Å². The molecule has 1 saturated heterocycles. The molecule has 1 aromatic rings. The van der Waals surface area contributed by atoms with Crippen LogP contribution in [0.4, 0.5) is 0 Å². The van der Waals surface area contributed by atoms with Crippen LogP contribution in [0.5, 0.6) is 0 Å². The third kappa shape index (κ3) is 3.30. The number of nitrogens with one attached hydrogen (secondary N) is 1. The quantitative estimate of drug-likeness (QED) is 0.865. The molecule has 0 aromatic carbocycles. The van der Waals surface area contributed by atoms with Gasteiger partial charge in [0.25, 0.3) is 0 Å². The number of nitrogens with zero attached hydrogens (tertiary/aromatic N) is 2. The van der Waals surface area contributed by atoms with Gasteiger partial charge < -0.3 is 5.32 Å². The van der Waals surface area contributed by atoms with E-state index in [2.05, 4.69) is 54.3 Å². The lowest BCUT2D eigenvalue weighted by atomic mass is 9.93. The molecule has 18 heavy (non-hydrogen) atoms. The van der Waals surface area contributed by atoms with Crippen LogP contribution in [0.2, 0.25) is 0 Å². The number of hydrogen-bond donors (Lipinski definition) is 1. The number of rotatable bonds is 5. The molecule has 0 spiro atoms. The van der Waals surface area contributed by atoms with E-state index in [-0.39, 0.29) is 0 Å². The van der Waals surface area contributed by atoms with Gasteiger partial charge in [-0.1, -0.05) is 13.0 Å². The van der Waals surface area contributed by atoms with Crippen LogP contribution in [0, 0.1) is 6.92 Å². The molecule has 0 amide bonds. The Balaban J connectivity index is 1.93. The van der Waals surface area contributed by atoms with Gasteiger partial charge in [-0.05, 0) is 51.9 Å². The summed E-state index contributed by atoms with van der Waals surface area (Å²) in [7, 11) is 2.20. The fourth-order valence-electron chi connectivity index (χ4n) is 2.95. The molecule has 2 rings (SSSR count). The Labute approximate surface area is 111 Å². The molecule has 0 saturated carbocycles. The summed E-state index contributed by atoms with van der Waals surface area (Å²) < 4.78 is 0. The lowest BCUT2D eigenvalue weighted by Crippen LogP contribution is -2.48. The molecule has 3 heteroatoms. The highest BCUT2D eigenvalue weighted by molar-refractivity contribution is 5.10. The van der Waals surface area contributed by atoms with E-state index in [1.54, 1.807) is 0 Å². The smallest absolute Gasteiger partial charge is 0.0547 e. The van der Waals surface area contributed by atoms with Crippen molar-refractivity contribution in [3.63, 3.8) is 0 Å². The standard InChI is InChI=1S/C15H25N3/c1-4-15(9-6-10-16-15)12-18(3)11-14-8-5-7-13(2)17-14/h5,7-8,16H,4,6,9-12H2,1-3H3. The molecule has 3 nitrogen and oxygen atoms in total. The highest BCUT2D eigenvalue weighted by atomic mass is 15.2. The van der Waals surface area contributed by atoms with Gasteiger partial charge in [0.2, 0.25) is 0 Å². The first-order valence-corrected chi connectivity index (χ1v) is 7.00. The molecule has 0 aliphatic carbocycles. The Morgan fingerprint density at radius 3 is 2.89 bits per heavy atom. The average molecular weight is 247 g/mol. The first kappa shape index (κ1) is 13.5. The predicted octanol–water partition coefficient (Wildman–Crippen LogP) is 2.35. The van der Waals surface area contributed by atoms with E-state index < -0.39 is 0 Å². The second-order valence-electron chi connectivity index (χ2n) is 5.61. The minimum Gasteiger partial charge on any atom is -0.310 e. The lowest BCUT2D eigenvalue weighted by molar-refractivity contribution is 0.212. The first-order chi connectivity index (χ1) is 8.63. The van der Waals surface area contributed by atoms with Gasteiger partial charge in [0.15, 0.2) is 0 Å². The molecule has 0 bridgehead atoms. The second kappa shape index (κ2) is 5.81. The van der Waals surface area contributed by atoms with Crippen molar-refractivity contribution in [1.82, 2.24) is 15.2 Å². The minimum absolute atomic E-state index is 0.332. The largest absolute Gasteiger partial charge is 0.310 e. The molecule has 1 N–H and O–H groups in total. The molecule has 1 aliphatic rings. The third-order valence-corrected chi connectivity index (χ3v) is 3.96. The summed E-state index contributed by atoms with van der Waals surface area (Å²) in [4.78, 5) is 6.97. The maximum atomic E-state index is 4.57. The topological polar surface area (TPSA) is 28.2 Å². The zero-order valence-electron chi connectivity index (χ0n) is 11.9. The van der Waals surface area contributed by atoms with Crippen LogP contribution in [0.1, 0.15) is 37.6 Å². The van der Waals surface area contributed by atoms with Gasteiger partial charge in [0.1, 0.15) is 0 Å². The van der Waals surface area contributed by atoms with E-state index in [1.165, 1.54) is 31.5 Å². The van der Waals surface area contributed by atoms with E-state index in [9.17, 15) is 0 Å². The van der Waals surface area contributed by atoms with E-state index >= 15 is 0 Å². The number of pyridine rings is 1. The van der Waals surface area contributed by atoms with Crippen molar-refractivity contribution >= 4 is 0 Å². The summed E-state index contributed by atoms with van der Waals surface area (Å²) >= 11 is 0. The molecule has 2 heterocycles. The highest BCUT2D eigenvalue weighted by Gasteiger charge is 2.32. The van der Waals surface area contributed by atoms with E-state index in [0.29, 0.717) is 5.54 Å². The summed E-state index contributed by atoms with van der Waals surface area (Å²) in [6.45, 7) is 7.56.